The average Bonchev–Trinajstić information content (AvgIpc) is 2.77. The van der Waals surface area contributed by atoms with Gasteiger partial charge in [-0.3, -0.25) is 4.79 Å². The quantitative estimate of drug-likeness (QED) is 0.848. The van der Waals surface area contributed by atoms with Crippen molar-refractivity contribution in [3.63, 3.8) is 0 Å². The molecule has 0 saturated carbocycles. The van der Waals surface area contributed by atoms with Gasteiger partial charge in [0.1, 0.15) is 0 Å². The minimum atomic E-state index is -0.0473. The van der Waals surface area contributed by atoms with Gasteiger partial charge in [0.2, 0.25) is 0 Å². The first-order chi connectivity index (χ1) is 9.45. The molecule has 20 heavy (non-hydrogen) atoms. The Morgan fingerprint density at radius 3 is 2.65 bits per heavy atom. The van der Waals surface area contributed by atoms with Crippen molar-refractivity contribution in [2.24, 2.45) is 0 Å². The summed E-state index contributed by atoms with van der Waals surface area (Å²) in [5, 5.41) is 3.03. The van der Waals surface area contributed by atoms with Crippen molar-refractivity contribution in [3.05, 3.63) is 51.2 Å². The standard InChI is InChI=1S/C16H20N2OS/c1-10-8-13(5-7-15(10)17)16(19)18-11(2)9-14-6-4-12(3)20-14/h4-8,11H,9,17H2,1-3H3,(H,18,19). The van der Waals surface area contributed by atoms with Crippen LogP contribution in [0, 0.1) is 13.8 Å². The highest BCUT2D eigenvalue weighted by Crippen LogP contribution is 2.17. The Bertz CT molecular complexity index is 619. The second kappa shape index (κ2) is 6.09. The van der Waals surface area contributed by atoms with Gasteiger partial charge in [0.25, 0.3) is 5.91 Å². The third kappa shape index (κ3) is 3.61. The van der Waals surface area contributed by atoms with Crippen molar-refractivity contribution >= 4 is 22.9 Å². The third-order valence-corrected chi connectivity index (χ3v) is 4.24. The summed E-state index contributed by atoms with van der Waals surface area (Å²) in [5.74, 6) is -0.0473. The van der Waals surface area contributed by atoms with E-state index in [0.29, 0.717) is 11.3 Å². The number of hydrogen-bond acceptors (Lipinski definition) is 3. The molecule has 0 aliphatic heterocycles. The van der Waals surface area contributed by atoms with E-state index >= 15 is 0 Å². The zero-order valence-electron chi connectivity index (χ0n) is 12.1. The average molecular weight is 288 g/mol. The van der Waals surface area contributed by atoms with Gasteiger partial charge in [-0.2, -0.15) is 0 Å². The predicted octanol–water partition coefficient (Wildman–Crippen LogP) is 3.31. The lowest BCUT2D eigenvalue weighted by atomic mass is 10.1. The lowest BCUT2D eigenvalue weighted by Crippen LogP contribution is -2.33. The molecule has 106 valence electrons. The van der Waals surface area contributed by atoms with Gasteiger partial charge in [0.15, 0.2) is 0 Å². The highest BCUT2D eigenvalue weighted by molar-refractivity contribution is 7.11. The molecule has 3 nitrogen and oxygen atoms in total. The molecule has 2 rings (SSSR count). The van der Waals surface area contributed by atoms with Crippen molar-refractivity contribution in [1.82, 2.24) is 5.32 Å². The summed E-state index contributed by atoms with van der Waals surface area (Å²) >= 11 is 1.78. The normalized spacial score (nSPS) is 12.2. The maximum atomic E-state index is 12.2. The maximum absolute atomic E-state index is 12.2. The Balaban J connectivity index is 1.98. The Labute approximate surface area is 123 Å². The maximum Gasteiger partial charge on any atom is 0.251 e. The monoisotopic (exact) mass is 288 g/mol. The smallest absolute Gasteiger partial charge is 0.251 e. The number of amides is 1. The predicted molar refractivity (Wildman–Crippen MR) is 85.3 cm³/mol. The first-order valence-corrected chi connectivity index (χ1v) is 7.49. The van der Waals surface area contributed by atoms with E-state index in [0.717, 1.165) is 12.0 Å². The van der Waals surface area contributed by atoms with Crippen molar-refractivity contribution in [3.8, 4) is 0 Å². The van der Waals surface area contributed by atoms with Crippen LogP contribution >= 0.6 is 11.3 Å². The number of carbonyl (C=O) groups excluding carboxylic acids is 1. The van der Waals surface area contributed by atoms with Crippen LogP contribution in [0.2, 0.25) is 0 Å². The summed E-state index contributed by atoms with van der Waals surface area (Å²) in [4.78, 5) is 14.8. The minimum Gasteiger partial charge on any atom is -0.399 e. The number of thiophene rings is 1. The highest BCUT2D eigenvalue weighted by atomic mass is 32.1. The van der Waals surface area contributed by atoms with E-state index in [1.165, 1.54) is 9.75 Å². The van der Waals surface area contributed by atoms with Crippen LogP contribution in [-0.4, -0.2) is 11.9 Å². The second-order valence-corrected chi connectivity index (χ2v) is 6.53. The van der Waals surface area contributed by atoms with Crippen LogP contribution in [0.3, 0.4) is 0 Å². The first kappa shape index (κ1) is 14.6. The highest BCUT2D eigenvalue weighted by Gasteiger charge is 2.11. The summed E-state index contributed by atoms with van der Waals surface area (Å²) in [5.41, 5.74) is 8.06. The largest absolute Gasteiger partial charge is 0.399 e. The van der Waals surface area contributed by atoms with Gasteiger partial charge in [-0.15, -0.1) is 11.3 Å². The fraction of sp³-hybridized carbons (Fsp3) is 0.312. The van der Waals surface area contributed by atoms with Crippen molar-refractivity contribution in [1.29, 1.82) is 0 Å². The number of anilines is 1. The van der Waals surface area contributed by atoms with Crippen molar-refractivity contribution in [2.75, 3.05) is 5.73 Å². The van der Waals surface area contributed by atoms with Crippen LogP contribution in [0.15, 0.2) is 30.3 Å². The van der Waals surface area contributed by atoms with Crippen LogP contribution in [0.5, 0.6) is 0 Å². The van der Waals surface area contributed by atoms with Gasteiger partial charge in [-0.1, -0.05) is 0 Å². The number of aryl methyl sites for hydroxylation is 2. The zero-order valence-corrected chi connectivity index (χ0v) is 12.9. The molecule has 1 aromatic heterocycles. The molecule has 1 amide bonds. The molecule has 1 aromatic carbocycles. The Hall–Kier alpha value is -1.81. The number of nitrogen functional groups attached to an aromatic ring is 1. The zero-order chi connectivity index (χ0) is 14.7. The fourth-order valence-electron chi connectivity index (χ4n) is 2.07. The molecule has 1 unspecified atom stereocenters. The molecule has 0 spiro atoms. The van der Waals surface area contributed by atoms with Crippen LogP contribution in [0.4, 0.5) is 5.69 Å². The third-order valence-electron chi connectivity index (χ3n) is 3.21. The van der Waals surface area contributed by atoms with E-state index in [9.17, 15) is 4.79 Å². The van der Waals surface area contributed by atoms with Crippen LogP contribution in [0.25, 0.3) is 0 Å². The SMILES string of the molecule is Cc1ccc(CC(C)NC(=O)c2ccc(N)c(C)c2)s1. The molecule has 1 atom stereocenters. The van der Waals surface area contributed by atoms with E-state index in [2.05, 4.69) is 24.4 Å². The number of hydrogen-bond donors (Lipinski definition) is 2. The fourth-order valence-corrected chi connectivity index (χ4v) is 3.09. The van der Waals surface area contributed by atoms with E-state index < -0.39 is 0 Å². The summed E-state index contributed by atoms with van der Waals surface area (Å²) in [6.07, 6.45) is 0.859. The lowest BCUT2D eigenvalue weighted by molar-refractivity contribution is 0.0940. The van der Waals surface area contributed by atoms with E-state index in [1.807, 2.05) is 19.9 Å². The van der Waals surface area contributed by atoms with Crippen molar-refractivity contribution in [2.45, 2.75) is 33.2 Å². The van der Waals surface area contributed by atoms with Crippen molar-refractivity contribution < 1.29 is 4.79 Å². The van der Waals surface area contributed by atoms with E-state index in [-0.39, 0.29) is 11.9 Å². The molecule has 0 saturated heterocycles. The molecule has 0 bridgehead atoms. The van der Waals surface area contributed by atoms with Gasteiger partial charge < -0.3 is 11.1 Å². The van der Waals surface area contributed by atoms with Gasteiger partial charge in [-0.05, 0) is 56.7 Å². The van der Waals surface area contributed by atoms with E-state index in [1.54, 1.807) is 23.5 Å². The first-order valence-electron chi connectivity index (χ1n) is 6.68. The Morgan fingerprint density at radius 2 is 2.05 bits per heavy atom. The molecule has 0 radical (unpaired) electrons. The topological polar surface area (TPSA) is 55.1 Å². The Kier molecular flexibility index (Phi) is 4.45. The van der Waals surface area contributed by atoms with Crippen LogP contribution < -0.4 is 11.1 Å². The van der Waals surface area contributed by atoms with Gasteiger partial charge in [0.05, 0.1) is 0 Å². The molecule has 3 N–H and O–H groups in total. The molecule has 0 fully saturated rings. The molecular weight excluding hydrogens is 268 g/mol. The summed E-state index contributed by atoms with van der Waals surface area (Å²) < 4.78 is 0. The molecular formula is C16H20N2OS. The molecule has 0 aliphatic rings. The summed E-state index contributed by atoms with van der Waals surface area (Å²) in [7, 11) is 0. The number of benzene rings is 1. The minimum absolute atomic E-state index is 0.0473. The molecule has 2 aromatic rings. The number of nitrogens with two attached hydrogens (primary N) is 1. The van der Waals surface area contributed by atoms with Gasteiger partial charge >= 0.3 is 0 Å². The lowest BCUT2D eigenvalue weighted by Gasteiger charge is -2.13. The van der Waals surface area contributed by atoms with Crippen LogP contribution in [0.1, 0.15) is 32.6 Å². The number of nitrogens with one attached hydrogen (secondary N) is 1. The summed E-state index contributed by atoms with van der Waals surface area (Å²) in [6, 6.07) is 9.70. The van der Waals surface area contributed by atoms with Crippen LogP contribution in [-0.2, 0) is 6.42 Å². The molecule has 1 heterocycles. The van der Waals surface area contributed by atoms with E-state index in [4.69, 9.17) is 5.73 Å². The number of rotatable bonds is 4. The van der Waals surface area contributed by atoms with Gasteiger partial charge in [0, 0.05) is 33.5 Å². The Morgan fingerprint density at radius 1 is 1.30 bits per heavy atom. The molecule has 4 heteroatoms. The summed E-state index contributed by atoms with van der Waals surface area (Å²) in [6.45, 7) is 6.02. The molecule has 0 aliphatic carbocycles. The van der Waals surface area contributed by atoms with Gasteiger partial charge in [-0.25, -0.2) is 0 Å². The second-order valence-electron chi connectivity index (χ2n) is 5.16. The number of carbonyl (C=O) groups is 1.